The molecular formula is C16H24N2O4S. The topological polar surface area (TPSA) is 75.7 Å². The maximum atomic E-state index is 12.2. The van der Waals surface area contributed by atoms with E-state index in [0.717, 1.165) is 12.2 Å². The Labute approximate surface area is 137 Å². The second kappa shape index (κ2) is 7.79. The molecule has 0 spiro atoms. The van der Waals surface area contributed by atoms with Crippen LogP contribution in [0.3, 0.4) is 0 Å². The number of nitrogens with one attached hydrogen (secondary N) is 1. The third-order valence-corrected chi connectivity index (χ3v) is 5.15. The average molecular weight is 340 g/mol. The Morgan fingerprint density at radius 2 is 1.87 bits per heavy atom. The van der Waals surface area contributed by atoms with Crippen molar-refractivity contribution in [1.29, 1.82) is 0 Å². The number of rotatable bonds is 6. The van der Waals surface area contributed by atoms with Crippen LogP contribution >= 0.6 is 0 Å². The molecule has 1 saturated heterocycles. The van der Waals surface area contributed by atoms with Crippen LogP contribution in [0, 0.1) is 0 Å². The lowest BCUT2D eigenvalue weighted by molar-refractivity contribution is 0.0924. The van der Waals surface area contributed by atoms with Gasteiger partial charge in [0.25, 0.3) is 5.91 Å². The van der Waals surface area contributed by atoms with Crippen LogP contribution in [0.1, 0.15) is 36.5 Å². The molecule has 0 atom stereocenters. The van der Waals surface area contributed by atoms with Gasteiger partial charge in [-0.05, 0) is 43.5 Å². The normalized spacial score (nSPS) is 17.0. The number of carbonyl (C=O) groups is 1. The molecule has 1 aromatic rings. The third-order valence-electron chi connectivity index (χ3n) is 3.85. The molecule has 1 amide bonds. The number of amides is 1. The standard InChI is InChI=1S/C16H24N2O4S/c1-3-12-22-15-6-4-13(5-7-15)16(19)17-14-8-10-18(11-9-14)23(2,20)21/h4-7,14H,3,8-12H2,1-2H3,(H,17,19). The summed E-state index contributed by atoms with van der Waals surface area (Å²) in [7, 11) is -3.14. The number of sulfonamides is 1. The van der Waals surface area contributed by atoms with Gasteiger partial charge in [0.05, 0.1) is 12.9 Å². The van der Waals surface area contributed by atoms with E-state index in [9.17, 15) is 13.2 Å². The molecule has 0 saturated carbocycles. The number of hydrogen-bond acceptors (Lipinski definition) is 4. The van der Waals surface area contributed by atoms with Crippen molar-refractivity contribution in [3.63, 3.8) is 0 Å². The average Bonchev–Trinajstić information content (AvgIpc) is 2.53. The van der Waals surface area contributed by atoms with Gasteiger partial charge in [-0.1, -0.05) is 6.92 Å². The van der Waals surface area contributed by atoms with Crippen molar-refractivity contribution in [2.45, 2.75) is 32.2 Å². The minimum absolute atomic E-state index is 0.0107. The molecule has 0 aliphatic carbocycles. The molecular weight excluding hydrogens is 316 g/mol. The van der Waals surface area contributed by atoms with Gasteiger partial charge in [-0.2, -0.15) is 0 Å². The zero-order valence-corrected chi connectivity index (χ0v) is 14.4. The van der Waals surface area contributed by atoms with Crippen LogP contribution in [0.2, 0.25) is 0 Å². The van der Waals surface area contributed by atoms with Gasteiger partial charge >= 0.3 is 0 Å². The van der Waals surface area contributed by atoms with Gasteiger partial charge in [0, 0.05) is 24.7 Å². The second-order valence-corrected chi connectivity index (χ2v) is 7.77. The van der Waals surface area contributed by atoms with Crippen LogP contribution in [0.5, 0.6) is 5.75 Å². The van der Waals surface area contributed by atoms with Crippen molar-refractivity contribution in [1.82, 2.24) is 9.62 Å². The van der Waals surface area contributed by atoms with Crippen molar-refractivity contribution in [3.05, 3.63) is 29.8 Å². The van der Waals surface area contributed by atoms with E-state index in [-0.39, 0.29) is 11.9 Å². The fourth-order valence-electron chi connectivity index (χ4n) is 2.52. The minimum atomic E-state index is -3.14. The van der Waals surface area contributed by atoms with Gasteiger partial charge in [0.2, 0.25) is 10.0 Å². The first-order chi connectivity index (χ1) is 10.9. The summed E-state index contributed by atoms with van der Waals surface area (Å²) >= 11 is 0. The molecule has 128 valence electrons. The molecule has 1 fully saturated rings. The van der Waals surface area contributed by atoms with Gasteiger partial charge in [-0.3, -0.25) is 4.79 Å². The number of piperidine rings is 1. The van der Waals surface area contributed by atoms with Crippen LogP contribution in [-0.4, -0.2) is 50.6 Å². The van der Waals surface area contributed by atoms with Gasteiger partial charge in [-0.15, -0.1) is 0 Å². The summed E-state index contributed by atoms with van der Waals surface area (Å²) in [6.07, 6.45) is 3.43. The first kappa shape index (κ1) is 17.7. The lowest BCUT2D eigenvalue weighted by Gasteiger charge is -2.30. The van der Waals surface area contributed by atoms with E-state index < -0.39 is 10.0 Å². The zero-order chi connectivity index (χ0) is 16.9. The Bertz CT molecular complexity index is 620. The highest BCUT2D eigenvalue weighted by Crippen LogP contribution is 2.15. The highest BCUT2D eigenvalue weighted by molar-refractivity contribution is 7.88. The Hall–Kier alpha value is -1.60. The molecule has 23 heavy (non-hydrogen) atoms. The van der Waals surface area contributed by atoms with Gasteiger partial charge in [0.15, 0.2) is 0 Å². The van der Waals surface area contributed by atoms with Gasteiger partial charge < -0.3 is 10.1 Å². The Morgan fingerprint density at radius 1 is 1.26 bits per heavy atom. The first-order valence-corrected chi connectivity index (χ1v) is 9.74. The second-order valence-electron chi connectivity index (χ2n) is 5.78. The number of benzene rings is 1. The van der Waals surface area contributed by atoms with Crippen molar-refractivity contribution in [3.8, 4) is 5.75 Å². The van der Waals surface area contributed by atoms with Crippen LogP contribution < -0.4 is 10.1 Å². The monoisotopic (exact) mass is 340 g/mol. The molecule has 0 bridgehead atoms. The maximum Gasteiger partial charge on any atom is 0.251 e. The molecule has 1 heterocycles. The van der Waals surface area contributed by atoms with Crippen molar-refractivity contribution in [2.24, 2.45) is 0 Å². The van der Waals surface area contributed by atoms with Crippen LogP contribution in [0.4, 0.5) is 0 Å². The summed E-state index contributed by atoms with van der Waals surface area (Å²) in [6.45, 7) is 3.60. The summed E-state index contributed by atoms with van der Waals surface area (Å²) in [4.78, 5) is 12.2. The first-order valence-electron chi connectivity index (χ1n) is 7.89. The summed E-state index contributed by atoms with van der Waals surface area (Å²) in [6, 6.07) is 7.07. The molecule has 6 nitrogen and oxygen atoms in total. The van der Waals surface area contributed by atoms with E-state index in [1.165, 1.54) is 10.6 Å². The third kappa shape index (κ3) is 5.21. The summed E-state index contributed by atoms with van der Waals surface area (Å²) in [5.41, 5.74) is 0.583. The van der Waals surface area contributed by atoms with Crippen LogP contribution in [0.15, 0.2) is 24.3 Å². The molecule has 7 heteroatoms. The smallest absolute Gasteiger partial charge is 0.251 e. The predicted octanol–water partition coefficient (Wildman–Crippen LogP) is 1.63. The fraction of sp³-hybridized carbons (Fsp3) is 0.562. The van der Waals surface area contributed by atoms with E-state index in [4.69, 9.17) is 4.74 Å². The van der Waals surface area contributed by atoms with E-state index in [0.29, 0.717) is 38.1 Å². The van der Waals surface area contributed by atoms with Crippen LogP contribution in [0.25, 0.3) is 0 Å². The Kier molecular flexibility index (Phi) is 6.01. The van der Waals surface area contributed by atoms with E-state index >= 15 is 0 Å². The van der Waals surface area contributed by atoms with Crippen molar-refractivity contribution in [2.75, 3.05) is 26.0 Å². The quantitative estimate of drug-likeness (QED) is 0.854. The summed E-state index contributed by atoms with van der Waals surface area (Å²) < 4.78 is 29.9. The Morgan fingerprint density at radius 3 is 2.39 bits per heavy atom. The number of carbonyl (C=O) groups excluding carboxylic acids is 1. The number of ether oxygens (including phenoxy) is 1. The molecule has 2 rings (SSSR count). The Balaban J connectivity index is 1.85. The van der Waals surface area contributed by atoms with E-state index in [1.807, 2.05) is 6.92 Å². The maximum absolute atomic E-state index is 12.2. The van der Waals surface area contributed by atoms with Gasteiger partial charge in [-0.25, -0.2) is 12.7 Å². The SMILES string of the molecule is CCCOc1ccc(C(=O)NC2CCN(S(C)(=O)=O)CC2)cc1. The van der Waals surface area contributed by atoms with Crippen molar-refractivity contribution < 1.29 is 17.9 Å². The van der Waals surface area contributed by atoms with Crippen molar-refractivity contribution >= 4 is 15.9 Å². The lowest BCUT2D eigenvalue weighted by atomic mass is 10.1. The van der Waals surface area contributed by atoms with Crippen LogP contribution in [-0.2, 0) is 10.0 Å². The molecule has 1 N–H and O–H groups in total. The molecule has 1 aromatic carbocycles. The fourth-order valence-corrected chi connectivity index (χ4v) is 3.40. The summed E-state index contributed by atoms with van der Waals surface area (Å²) in [5, 5.41) is 2.97. The summed E-state index contributed by atoms with van der Waals surface area (Å²) in [5.74, 6) is 0.620. The number of nitrogens with zero attached hydrogens (tertiary/aromatic N) is 1. The molecule has 0 aromatic heterocycles. The predicted molar refractivity (Wildman–Crippen MR) is 89.1 cm³/mol. The highest BCUT2D eigenvalue weighted by Gasteiger charge is 2.25. The molecule has 1 aliphatic heterocycles. The number of hydrogen-bond donors (Lipinski definition) is 1. The van der Waals surface area contributed by atoms with E-state index in [1.54, 1.807) is 24.3 Å². The lowest BCUT2D eigenvalue weighted by Crippen LogP contribution is -2.46. The van der Waals surface area contributed by atoms with E-state index in [2.05, 4.69) is 5.32 Å². The van der Waals surface area contributed by atoms with Gasteiger partial charge in [0.1, 0.15) is 5.75 Å². The minimum Gasteiger partial charge on any atom is -0.494 e. The molecule has 0 radical (unpaired) electrons. The zero-order valence-electron chi connectivity index (χ0n) is 13.6. The molecule has 1 aliphatic rings. The molecule has 0 unspecified atom stereocenters. The largest absolute Gasteiger partial charge is 0.494 e. The highest BCUT2D eigenvalue weighted by atomic mass is 32.2.